The van der Waals surface area contributed by atoms with Gasteiger partial charge >= 0.3 is 5.97 Å². The monoisotopic (exact) mass is 392 g/mol. The summed E-state index contributed by atoms with van der Waals surface area (Å²) >= 11 is 9.29. The summed E-state index contributed by atoms with van der Waals surface area (Å²) in [6.45, 7) is 0. The molecule has 118 valence electrons. The second-order valence-corrected chi connectivity index (χ2v) is 6.33. The zero-order chi connectivity index (χ0) is 16.8. The van der Waals surface area contributed by atoms with Crippen molar-refractivity contribution >= 4 is 33.5 Å². The Kier molecular flexibility index (Phi) is 6.14. The predicted molar refractivity (Wildman–Crippen MR) is 91.1 cm³/mol. The fourth-order valence-electron chi connectivity index (χ4n) is 2.40. The number of hydrogen-bond donors (Lipinski definition) is 0. The molecule has 1 aromatic heterocycles. The lowest BCUT2D eigenvalue weighted by atomic mass is 9.81. The highest BCUT2D eigenvalue weighted by Crippen LogP contribution is 2.36. The van der Waals surface area contributed by atoms with Crippen molar-refractivity contribution in [3.63, 3.8) is 0 Å². The Hall–Kier alpha value is -1.90. The number of methoxy groups -OCH3 is 1. The van der Waals surface area contributed by atoms with E-state index in [0.717, 1.165) is 15.6 Å². The van der Waals surface area contributed by atoms with Crippen molar-refractivity contribution < 1.29 is 9.53 Å². The molecule has 6 heteroatoms. The first-order chi connectivity index (χ1) is 11.0. The Morgan fingerprint density at radius 1 is 1.35 bits per heavy atom. The lowest BCUT2D eigenvalue weighted by Crippen LogP contribution is -2.16. The van der Waals surface area contributed by atoms with Crippen LogP contribution < -0.4 is 0 Å². The smallest absolute Gasteiger partial charge is 0.306 e. The molecule has 0 amide bonds. The van der Waals surface area contributed by atoms with E-state index in [4.69, 9.17) is 16.3 Å². The summed E-state index contributed by atoms with van der Waals surface area (Å²) in [7, 11) is 1.34. The van der Waals surface area contributed by atoms with Gasteiger partial charge < -0.3 is 4.74 Å². The number of nitrogens with zero attached hydrogens (tertiary/aromatic N) is 2. The number of benzene rings is 1. The number of esters is 1. The molecule has 1 aromatic carbocycles. The van der Waals surface area contributed by atoms with Crippen LogP contribution in [0.2, 0.25) is 5.02 Å². The van der Waals surface area contributed by atoms with Gasteiger partial charge in [-0.1, -0.05) is 23.7 Å². The standard InChI is InChI=1S/C17H14BrClN2O2/c1-23-17(22)7-15(11-2-4-14(19)5-3-11)16(8-20)12-6-13(18)10-21-9-12/h2-6,9-10,15-16H,7H2,1H3/t15-,16-/m1/s1. The summed E-state index contributed by atoms with van der Waals surface area (Å²) in [6.07, 6.45) is 3.39. The largest absolute Gasteiger partial charge is 0.469 e. The molecular formula is C17H14BrClN2O2. The summed E-state index contributed by atoms with van der Waals surface area (Å²) < 4.78 is 5.56. The molecule has 2 aromatic rings. The van der Waals surface area contributed by atoms with E-state index in [1.54, 1.807) is 24.5 Å². The van der Waals surface area contributed by atoms with E-state index in [2.05, 4.69) is 27.0 Å². The van der Waals surface area contributed by atoms with Gasteiger partial charge in [0.25, 0.3) is 0 Å². The predicted octanol–water partition coefficient (Wildman–Crippen LogP) is 4.45. The van der Waals surface area contributed by atoms with E-state index in [9.17, 15) is 10.1 Å². The molecule has 0 bridgehead atoms. The van der Waals surface area contributed by atoms with Gasteiger partial charge in [-0.05, 0) is 45.3 Å². The first-order valence-corrected chi connectivity index (χ1v) is 8.04. The van der Waals surface area contributed by atoms with Crippen LogP contribution in [0.3, 0.4) is 0 Å². The van der Waals surface area contributed by atoms with Gasteiger partial charge in [0.15, 0.2) is 0 Å². The number of carbonyl (C=O) groups is 1. The maximum absolute atomic E-state index is 11.8. The second kappa shape index (κ2) is 8.09. The molecule has 0 fully saturated rings. The van der Waals surface area contributed by atoms with Crippen LogP contribution in [0.15, 0.2) is 47.2 Å². The van der Waals surface area contributed by atoms with Crippen molar-refractivity contribution in [1.82, 2.24) is 4.98 Å². The lowest BCUT2D eigenvalue weighted by molar-refractivity contribution is -0.141. The number of halogens is 2. The first kappa shape index (κ1) is 17.5. The normalized spacial score (nSPS) is 13.0. The Labute approximate surface area is 148 Å². The molecule has 0 radical (unpaired) electrons. The van der Waals surface area contributed by atoms with E-state index >= 15 is 0 Å². The molecule has 0 aliphatic heterocycles. The number of hydrogen-bond acceptors (Lipinski definition) is 4. The van der Waals surface area contributed by atoms with E-state index < -0.39 is 5.92 Å². The molecule has 0 spiro atoms. The van der Waals surface area contributed by atoms with Gasteiger partial charge in [-0.15, -0.1) is 0 Å². The fourth-order valence-corrected chi connectivity index (χ4v) is 2.90. The van der Waals surface area contributed by atoms with Crippen LogP contribution in [0.1, 0.15) is 29.4 Å². The minimum absolute atomic E-state index is 0.100. The molecule has 4 nitrogen and oxygen atoms in total. The Morgan fingerprint density at radius 2 is 2.04 bits per heavy atom. The summed E-state index contributed by atoms with van der Waals surface area (Å²) in [6, 6.07) is 11.3. The third-order valence-corrected chi connectivity index (χ3v) is 4.22. The third-order valence-electron chi connectivity index (χ3n) is 3.54. The molecule has 2 rings (SSSR count). The minimum atomic E-state index is -0.528. The summed E-state index contributed by atoms with van der Waals surface area (Å²) in [4.78, 5) is 15.9. The molecule has 0 unspecified atom stereocenters. The number of ether oxygens (including phenoxy) is 1. The minimum Gasteiger partial charge on any atom is -0.469 e. The lowest BCUT2D eigenvalue weighted by Gasteiger charge is -2.22. The van der Waals surface area contributed by atoms with Gasteiger partial charge in [-0.2, -0.15) is 5.26 Å². The molecule has 23 heavy (non-hydrogen) atoms. The van der Waals surface area contributed by atoms with Gasteiger partial charge in [0.05, 0.1) is 25.5 Å². The molecule has 1 heterocycles. The van der Waals surface area contributed by atoms with Gasteiger partial charge in [-0.3, -0.25) is 9.78 Å². The van der Waals surface area contributed by atoms with Gasteiger partial charge in [0.1, 0.15) is 0 Å². The maximum Gasteiger partial charge on any atom is 0.306 e. The van der Waals surface area contributed by atoms with Crippen molar-refractivity contribution in [2.45, 2.75) is 18.3 Å². The zero-order valence-corrected chi connectivity index (χ0v) is 14.7. The Bertz CT molecular complexity index is 728. The highest BCUT2D eigenvalue weighted by molar-refractivity contribution is 9.10. The highest BCUT2D eigenvalue weighted by Gasteiger charge is 2.28. The van der Waals surface area contributed by atoms with Crippen LogP contribution in [0.25, 0.3) is 0 Å². The van der Waals surface area contributed by atoms with Crippen LogP contribution in [0, 0.1) is 11.3 Å². The van der Waals surface area contributed by atoms with Crippen LogP contribution in [-0.2, 0) is 9.53 Å². The van der Waals surface area contributed by atoms with Crippen LogP contribution in [-0.4, -0.2) is 18.1 Å². The average molecular weight is 394 g/mol. The van der Waals surface area contributed by atoms with Crippen LogP contribution in [0.5, 0.6) is 0 Å². The zero-order valence-electron chi connectivity index (χ0n) is 12.4. The highest BCUT2D eigenvalue weighted by atomic mass is 79.9. The van der Waals surface area contributed by atoms with Crippen molar-refractivity contribution in [3.05, 3.63) is 63.3 Å². The van der Waals surface area contributed by atoms with Crippen LogP contribution >= 0.6 is 27.5 Å². The SMILES string of the molecule is COC(=O)C[C@H](c1ccc(Cl)cc1)[C@H](C#N)c1cncc(Br)c1. The average Bonchev–Trinajstić information content (AvgIpc) is 2.55. The molecule has 0 aliphatic carbocycles. The molecule has 2 atom stereocenters. The molecule has 0 saturated heterocycles. The number of rotatable bonds is 5. The first-order valence-electron chi connectivity index (χ1n) is 6.87. The van der Waals surface area contributed by atoms with E-state index in [1.165, 1.54) is 7.11 Å². The van der Waals surface area contributed by atoms with Crippen LogP contribution in [0.4, 0.5) is 0 Å². The van der Waals surface area contributed by atoms with Gasteiger partial charge in [-0.25, -0.2) is 0 Å². The second-order valence-electron chi connectivity index (χ2n) is 4.98. The fraction of sp³-hybridized carbons (Fsp3) is 0.235. The van der Waals surface area contributed by atoms with Gasteiger partial charge in [0.2, 0.25) is 0 Å². The van der Waals surface area contributed by atoms with Crippen molar-refractivity contribution in [1.29, 1.82) is 5.26 Å². The Balaban J connectivity index is 2.44. The van der Waals surface area contributed by atoms with Crippen molar-refractivity contribution in [2.24, 2.45) is 0 Å². The van der Waals surface area contributed by atoms with Gasteiger partial charge in [0, 0.05) is 27.8 Å². The molecular weight excluding hydrogens is 380 g/mol. The van der Waals surface area contributed by atoms with E-state index in [0.29, 0.717) is 5.02 Å². The number of pyridine rings is 1. The number of aromatic nitrogens is 1. The van der Waals surface area contributed by atoms with E-state index in [1.807, 2.05) is 18.2 Å². The third kappa shape index (κ3) is 4.54. The number of carbonyl (C=O) groups excluding carboxylic acids is 1. The Morgan fingerprint density at radius 3 is 2.61 bits per heavy atom. The van der Waals surface area contributed by atoms with Crippen molar-refractivity contribution in [2.75, 3.05) is 7.11 Å². The quantitative estimate of drug-likeness (QED) is 0.704. The number of nitriles is 1. The summed E-state index contributed by atoms with van der Waals surface area (Å²) in [5.41, 5.74) is 1.59. The summed E-state index contributed by atoms with van der Waals surface area (Å²) in [5.74, 6) is -1.24. The molecule has 0 aliphatic rings. The topological polar surface area (TPSA) is 63.0 Å². The molecule has 0 saturated carbocycles. The van der Waals surface area contributed by atoms with E-state index in [-0.39, 0.29) is 18.3 Å². The summed E-state index contributed by atoms with van der Waals surface area (Å²) in [5, 5.41) is 10.3. The van der Waals surface area contributed by atoms with Crippen molar-refractivity contribution in [3.8, 4) is 6.07 Å². The molecule has 0 N–H and O–H groups in total. The maximum atomic E-state index is 11.8.